The summed E-state index contributed by atoms with van der Waals surface area (Å²) >= 11 is 0. The van der Waals surface area contributed by atoms with Gasteiger partial charge in [-0.15, -0.1) is 0 Å². The van der Waals surface area contributed by atoms with E-state index in [0.29, 0.717) is 6.42 Å². The third kappa shape index (κ3) is 2.13. The van der Waals surface area contributed by atoms with Crippen LogP contribution in [0, 0.1) is 5.41 Å². The molecule has 0 aromatic carbocycles. The Labute approximate surface area is 128 Å². The van der Waals surface area contributed by atoms with E-state index in [1.54, 1.807) is 29.5 Å². The van der Waals surface area contributed by atoms with Crippen LogP contribution in [0.2, 0.25) is 0 Å². The number of aryl methyl sites for hydroxylation is 1. The number of aromatic nitrogens is 4. The fourth-order valence-corrected chi connectivity index (χ4v) is 3.54. The number of nitrogens with zero attached hydrogens (tertiary/aromatic N) is 6. The standard InChI is InChI=1S/C15H18N6O/c1-19-9-12(7-18-19)21-11-15(6-14(21)22)2-5-20(10-15)13-8-16-3-4-17-13/h3-4,7-9H,2,5-6,10-11H2,1H3. The van der Waals surface area contributed by atoms with E-state index < -0.39 is 0 Å². The molecule has 2 aliphatic heterocycles. The van der Waals surface area contributed by atoms with Crippen LogP contribution in [0.25, 0.3) is 0 Å². The third-order valence-corrected chi connectivity index (χ3v) is 4.64. The molecule has 1 unspecified atom stereocenters. The van der Waals surface area contributed by atoms with Gasteiger partial charge >= 0.3 is 0 Å². The molecule has 2 fully saturated rings. The molecule has 4 heterocycles. The number of carbonyl (C=O) groups excluding carboxylic acids is 1. The maximum Gasteiger partial charge on any atom is 0.227 e. The van der Waals surface area contributed by atoms with Gasteiger partial charge in [0.2, 0.25) is 5.91 Å². The molecule has 0 N–H and O–H groups in total. The maximum atomic E-state index is 12.4. The van der Waals surface area contributed by atoms with Crippen LogP contribution in [-0.2, 0) is 11.8 Å². The van der Waals surface area contributed by atoms with Crippen molar-refractivity contribution in [3.05, 3.63) is 31.0 Å². The fourth-order valence-electron chi connectivity index (χ4n) is 3.54. The summed E-state index contributed by atoms with van der Waals surface area (Å²) in [6.45, 7) is 2.54. The van der Waals surface area contributed by atoms with Crippen LogP contribution in [-0.4, -0.2) is 45.3 Å². The number of amides is 1. The van der Waals surface area contributed by atoms with Gasteiger partial charge in [-0.05, 0) is 6.42 Å². The number of anilines is 2. The van der Waals surface area contributed by atoms with Crippen molar-refractivity contribution < 1.29 is 4.79 Å². The molecule has 2 saturated heterocycles. The third-order valence-electron chi connectivity index (χ3n) is 4.64. The first-order valence-electron chi connectivity index (χ1n) is 7.45. The van der Waals surface area contributed by atoms with E-state index in [1.807, 2.05) is 18.1 Å². The molecular formula is C15H18N6O. The molecule has 2 aliphatic rings. The number of hydrogen-bond acceptors (Lipinski definition) is 5. The van der Waals surface area contributed by atoms with E-state index in [4.69, 9.17) is 0 Å². The molecule has 0 bridgehead atoms. The summed E-state index contributed by atoms with van der Waals surface area (Å²) in [6.07, 6.45) is 10.4. The minimum Gasteiger partial charge on any atom is -0.355 e. The van der Waals surface area contributed by atoms with Crippen molar-refractivity contribution >= 4 is 17.4 Å². The lowest BCUT2D eigenvalue weighted by Gasteiger charge is -2.23. The second kappa shape index (κ2) is 4.79. The van der Waals surface area contributed by atoms with Crippen molar-refractivity contribution in [2.45, 2.75) is 12.8 Å². The lowest BCUT2D eigenvalue weighted by Crippen LogP contribution is -2.31. The minimum atomic E-state index is 0.0183. The Morgan fingerprint density at radius 3 is 2.86 bits per heavy atom. The molecule has 0 saturated carbocycles. The molecular weight excluding hydrogens is 280 g/mol. The second-order valence-corrected chi connectivity index (χ2v) is 6.26. The Morgan fingerprint density at radius 1 is 1.23 bits per heavy atom. The predicted molar refractivity (Wildman–Crippen MR) is 81.5 cm³/mol. The Hall–Kier alpha value is -2.44. The first-order valence-corrected chi connectivity index (χ1v) is 7.45. The molecule has 4 rings (SSSR count). The van der Waals surface area contributed by atoms with Crippen molar-refractivity contribution in [2.24, 2.45) is 12.5 Å². The summed E-state index contributed by atoms with van der Waals surface area (Å²) in [7, 11) is 1.87. The molecule has 114 valence electrons. The number of rotatable bonds is 2. The smallest absolute Gasteiger partial charge is 0.227 e. The Balaban J connectivity index is 1.53. The summed E-state index contributed by atoms with van der Waals surface area (Å²) in [5.74, 6) is 1.08. The normalized spacial score (nSPS) is 24.7. The summed E-state index contributed by atoms with van der Waals surface area (Å²) in [5, 5.41) is 4.17. The lowest BCUT2D eigenvalue weighted by atomic mass is 9.86. The zero-order valence-electron chi connectivity index (χ0n) is 12.5. The zero-order valence-corrected chi connectivity index (χ0v) is 12.5. The van der Waals surface area contributed by atoms with Gasteiger partial charge in [0.05, 0.1) is 18.1 Å². The van der Waals surface area contributed by atoms with Gasteiger partial charge < -0.3 is 9.80 Å². The van der Waals surface area contributed by atoms with Crippen LogP contribution in [0.1, 0.15) is 12.8 Å². The van der Waals surface area contributed by atoms with Crippen molar-refractivity contribution in [2.75, 3.05) is 29.4 Å². The molecule has 1 spiro atoms. The monoisotopic (exact) mass is 298 g/mol. The average Bonchev–Trinajstić information content (AvgIpc) is 3.20. The van der Waals surface area contributed by atoms with Crippen molar-refractivity contribution in [3.63, 3.8) is 0 Å². The SMILES string of the molecule is Cn1cc(N2CC3(CCN(c4cnccn4)C3)CC2=O)cn1. The Morgan fingerprint density at radius 2 is 2.14 bits per heavy atom. The molecule has 2 aromatic heterocycles. The molecule has 7 nitrogen and oxygen atoms in total. The van der Waals surface area contributed by atoms with Gasteiger partial charge in [0.1, 0.15) is 5.82 Å². The van der Waals surface area contributed by atoms with Gasteiger partial charge in [-0.1, -0.05) is 0 Å². The zero-order chi connectivity index (χ0) is 15.2. The predicted octanol–water partition coefficient (Wildman–Crippen LogP) is 0.843. The first kappa shape index (κ1) is 13.2. The first-order chi connectivity index (χ1) is 10.7. The lowest BCUT2D eigenvalue weighted by molar-refractivity contribution is -0.117. The van der Waals surface area contributed by atoms with E-state index >= 15 is 0 Å². The van der Waals surface area contributed by atoms with E-state index in [-0.39, 0.29) is 11.3 Å². The van der Waals surface area contributed by atoms with E-state index in [9.17, 15) is 4.79 Å². The summed E-state index contributed by atoms with van der Waals surface area (Å²) in [5.41, 5.74) is 0.909. The quantitative estimate of drug-likeness (QED) is 0.822. The topological polar surface area (TPSA) is 67.2 Å². The fraction of sp³-hybridized carbons (Fsp3) is 0.467. The van der Waals surface area contributed by atoms with E-state index in [1.165, 1.54) is 0 Å². The molecule has 2 aromatic rings. The largest absolute Gasteiger partial charge is 0.355 e. The van der Waals surface area contributed by atoms with Gasteiger partial charge in [-0.2, -0.15) is 5.10 Å². The van der Waals surface area contributed by atoms with Gasteiger partial charge in [0, 0.05) is 57.1 Å². The molecule has 1 atom stereocenters. The van der Waals surface area contributed by atoms with Crippen molar-refractivity contribution in [3.8, 4) is 0 Å². The molecule has 22 heavy (non-hydrogen) atoms. The highest BCUT2D eigenvalue weighted by atomic mass is 16.2. The summed E-state index contributed by atoms with van der Waals surface area (Å²) in [6, 6.07) is 0. The molecule has 0 radical (unpaired) electrons. The number of carbonyl (C=O) groups is 1. The van der Waals surface area contributed by atoms with E-state index in [2.05, 4.69) is 20.0 Å². The van der Waals surface area contributed by atoms with E-state index in [0.717, 1.165) is 37.6 Å². The van der Waals surface area contributed by atoms with Gasteiger partial charge in [0.25, 0.3) is 0 Å². The van der Waals surface area contributed by atoms with Crippen molar-refractivity contribution in [1.82, 2.24) is 19.7 Å². The highest BCUT2D eigenvalue weighted by Crippen LogP contribution is 2.42. The molecule has 1 amide bonds. The molecule has 7 heteroatoms. The van der Waals surface area contributed by atoms with Crippen LogP contribution in [0.5, 0.6) is 0 Å². The highest BCUT2D eigenvalue weighted by Gasteiger charge is 2.48. The van der Waals surface area contributed by atoms with Gasteiger partial charge in [0.15, 0.2) is 0 Å². The van der Waals surface area contributed by atoms with Crippen LogP contribution in [0.3, 0.4) is 0 Å². The molecule has 0 aliphatic carbocycles. The summed E-state index contributed by atoms with van der Waals surface area (Å²) in [4.78, 5) is 25.0. The second-order valence-electron chi connectivity index (χ2n) is 6.26. The minimum absolute atomic E-state index is 0.0183. The highest BCUT2D eigenvalue weighted by molar-refractivity contribution is 5.96. The Bertz CT molecular complexity index is 699. The van der Waals surface area contributed by atoms with Gasteiger partial charge in [-0.3, -0.25) is 14.5 Å². The summed E-state index contributed by atoms with van der Waals surface area (Å²) < 4.78 is 1.73. The maximum absolute atomic E-state index is 12.4. The van der Waals surface area contributed by atoms with Crippen LogP contribution < -0.4 is 9.80 Å². The van der Waals surface area contributed by atoms with Crippen molar-refractivity contribution in [1.29, 1.82) is 0 Å². The average molecular weight is 298 g/mol. The Kier molecular flexibility index (Phi) is 2.88. The number of hydrogen-bond donors (Lipinski definition) is 0. The van der Waals surface area contributed by atoms with Crippen LogP contribution >= 0.6 is 0 Å². The van der Waals surface area contributed by atoms with Crippen LogP contribution in [0.15, 0.2) is 31.0 Å². The van der Waals surface area contributed by atoms with Gasteiger partial charge in [-0.25, -0.2) is 4.98 Å². The van der Waals surface area contributed by atoms with Crippen LogP contribution in [0.4, 0.5) is 11.5 Å².